The summed E-state index contributed by atoms with van der Waals surface area (Å²) in [6.07, 6.45) is 21.4. The number of ether oxygens (including phenoxy) is 1. The molecule has 0 spiro atoms. The van der Waals surface area contributed by atoms with E-state index in [-0.39, 0.29) is 14.5 Å². The van der Waals surface area contributed by atoms with Crippen LogP contribution in [0.1, 0.15) is 175 Å². The van der Waals surface area contributed by atoms with Crippen molar-refractivity contribution < 1.29 is 13.5 Å². The predicted octanol–water partition coefficient (Wildman–Crippen LogP) is 18.4. The second-order valence-corrected chi connectivity index (χ2v) is 37.3. The molecule has 332 valence electrons. The Morgan fingerprint density at radius 2 is 1.14 bits per heavy atom. The molecule has 59 heavy (non-hydrogen) atoms. The quantitative estimate of drug-likeness (QED) is 0.0398. The molecule has 0 N–H and O–H groups in total. The summed E-state index contributed by atoms with van der Waals surface area (Å²) in [5, 5.41) is 0. The van der Waals surface area contributed by atoms with Crippen LogP contribution >= 0.6 is 66.3 Å². The SMILES string of the molecule is CCC[CH2][Sn]([CH2]CCC)([CH2]CCC)[c]1cc2c(s1)-c1sc(C)cc1OC2(CCC(C)CCCC(C)C)CCC(C)CCCC(C)C.Fc1c(F)c(Br)c2nsnc2c1Br. The van der Waals surface area contributed by atoms with Crippen molar-refractivity contribution in [3.05, 3.63) is 43.2 Å². The number of aromatic nitrogens is 2. The molecule has 4 aromatic rings. The van der Waals surface area contributed by atoms with E-state index in [1.165, 1.54) is 118 Å². The molecule has 11 heteroatoms. The first-order valence-corrected chi connectivity index (χ1v) is 34.4. The van der Waals surface area contributed by atoms with Crippen LogP contribution in [0.5, 0.6) is 5.75 Å². The first-order chi connectivity index (χ1) is 28.1. The molecule has 2 unspecified atom stereocenters. The second kappa shape index (κ2) is 24.8. The average molecular weight is 1110 g/mol. The number of hydrogen-bond donors (Lipinski definition) is 0. The maximum atomic E-state index is 13.1. The van der Waals surface area contributed by atoms with Gasteiger partial charge in [0.2, 0.25) is 0 Å². The Morgan fingerprint density at radius 1 is 0.661 bits per heavy atom. The van der Waals surface area contributed by atoms with Gasteiger partial charge < -0.3 is 0 Å². The van der Waals surface area contributed by atoms with Gasteiger partial charge in [0.15, 0.2) is 11.6 Å². The topological polar surface area (TPSA) is 35.0 Å². The second-order valence-electron chi connectivity index (χ2n) is 18.7. The predicted molar refractivity (Wildman–Crippen MR) is 266 cm³/mol. The van der Waals surface area contributed by atoms with E-state index < -0.39 is 30.0 Å². The van der Waals surface area contributed by atoms with E-state index in [0.29, 0.717) is 11.0 Å². The number of benzene rings is 1. The number of aryl methyl sites for hydroxylation is 1. The number of thiophene rings is 2. The minimum Gasteiger partial charge on any atom is -0.202 e. The molecule has 3 nitrogen and oxygen atoms in total. The van der Waals surface area contributed by atoms with Crippen molar-refractivity contribution in [1.82, 2.24) is 8.75 Å². The fourth-order valence-corrected chi connectivity index (χ4v) is 31.9. The summed E-state index contributed by atoms with van der Waals surface area (Å²) in [6.45, 7) is 24.1. The van der Waals surface area contributed by atoms with Crippen LogP contribution in [0.15, 0.2) is 21.1 Å². The molecule has 0 amide bonds. The van der Waals surface area contributed by atoms with Crippen LogP contribution in [0.4, 0.5) is 8.78 Å². The summed E-state index contributed by atoms with van der Waals surface area (Å²) in [5.74, 6) is 2.44. The molecule has 4 heterocycles. The maximum absolute atomic E-state index is 13.1. The monoisotopic (exact) mass is 1110 g/mol. The van der Waals surface area contributed by atoms with Gasteiger partial charge in [0.05, 0.1) is 20.7 Å². The molecule has 0 saturated heterocycles. The zero-order valence-electron chi connectivity index (χ0n) is 37.9. The molecule has 0 radical (unpaired) electrons. The van der Waals surface area contributed by atoms with E-state index in [1.807, 2.05) is 14.2 Å². The summed E-state index contributed by atoms with van der Waals surface area (Å²) in [7, 11) is 0. The summed E-state index contributed by atoms with van der Waals surface area (Å²) in [4.78, 5) is 4.49. The van der Waals surface area contributed by atoms with E-state index in [0.717, 1.165) is 35.4 Å². The minimum absolute atomic E-state index is 0.0111. The smallest absolute Gasteiger partial charge is 0.202 e. The first-order valence-electron chi connectivity index (χ1n) is 23.0. The third-order valence-corrected chi connectivity index (χ3v) is 35.1. The van der Waals surface area contributed by atoms with Gasteiger partial charge in [-0.1, -0.05) is 0 Å². The molecular formula is C48H74Br2F2N2OS3Sn. The Morgan fingerprint density at radius 3 is 1.58 bits per heavy atom. The minimum atomic E-state index is -2.59. The van der Waals surface area contributed by atoms with Gasteiger partial charge in [-0.3, -0.25) is 0 Å². The van der Waals surface area contributed by atoms with Crippen molar-refractivity contribution >= 4 is 98.6 Å². The standard InChI is InChI=1S/C30H47OS2.C6Br2F2N2S.3C4H9.Sn/c1-21(2)10-8-12-23(5)14-17-30(18-15-24(6)13-9-11-22(3)4)26-16-19-32-28(26)29-27(31-30)20-25(7)33-29;7-1-3(9)4(10)2(8)6-5(1)11-13-12-6;3*1-3-4-2;/h16,20-24H,8-15,17-18H2,1-7H3;;3*1,3-4H2,2H3;. The van der Waals surface area contributed by atoms with Gasteiger partial charge in [0.25, 0.3) is 0 Å². The fourth-order valence-electron chi connectivity index (χ4n) is 8.81. The Labute approximate surface area is 390 Å². The summed E-state index contributed by atoms with van der Waals surface area (Å²) >= 11 is 8.42. The van der Waals surface area contributed by atoms with Crippen molar-refractivity contribution in [2.75, 3.05) is 0 Å². The normalized spacial score (nSPS) is 16.3. The van der Waals surface area contributed by atoms with Gasteiger partial charge in [0.1, 0.15) is 11.0 Å². The summed E-state index contributed by atoms with van der Waals surface area (Å²) < 4.78 is 47.9. The number of nitrogens with zero attached hydrogens (tertiary/aromatic N) is 2. The van der Waals surface area contributed by atoms with Crippen molar-refractivity contribution in [2.24, 2.45) is 23.7 Å². The van der Waals surface area contributed by atoms with Crippen LogP contribution in [0.2, 0.25) is 13.3 Å². The van der Waals surface area contributed by atoms with Gasteiger partial charge >= 0.3 is 301 Å². The Kier molecular flexibility index (Phi) is 21.6. The average Bonchev–Trinajstić information content (AvgIpc) is 3.97. The molecule has 2 atom stereocenters. The molecule has 5 rings (SSSR count). The third kappa shape index (κ3) is 13.9. The molecule has 0 bridgehead atoms. The van der Waals surface area contributed by atoms with Crippen LogP contribution in [-0.4, -0.2) is 27.1 Å². The van der Waals surface area contributed by atoms with Crippen LogP contribution < -0.4 is 7.63 Å². The van der Waals surface area contributed by atoms with E-state index in [2.05, 4.69) is 133 Å². The van der Waals surface area contributed by atoms with Crippen molar-refractivity contribution in [3.8, 4) is 15.5 Å². The Bertz CT molecular complexity index is 1790. The number of halogens is 4. The first kappa shape index (κ1) is 51.5. The number of unbranched alkanes of at least 4 members (excludes halogenated alkanes) is 3. The summed E-state index contributed by atoms with van der Waals surface area (Å²) in [5.41, 5.74) is 2.11. The van der Waals surface area contributed by atoms with E-state index in [4.69, 9.17) is 4.74 Å². The van der Waals surface area contributed by atoms with Gasteiger partial charge in [-0.05, 0) is 31.9 Å². The van der Waals surface area contributed by atoms with Gasteiger partial charge in [-0.15, -0.1) is 0 Å². The molecule has 0 fully saturated rings. The van der Waals surface area contributed by atoms with Crippen molar-refractivity contribution in [1.29, 1.82) is 0 Å². The van der Waals surface area contributed by atoms with Crippen molar-refractivity contribution in [2.45, 2.75) is 191 Å². The molecule has 1 aliphatic rings. The van der Waals surface area contributed by atoms with Crippen molar-refractivity contribution in [3.63, 3.8) is 0 Å². The Hall–Kier alpha value is -0.141. The number of rotatable bonds is 24. The van der Waals surface area contributed by atoms with Crippen LogP contribution in [0.25, 0.3) is 20.8 Å². The Balaban J connectivity index is 0.000000496. The van der Waals surface area contributed by atoms with Crippen LogP contribution in [-0.2, 0) is 5.60 Å². The zero-order valence-corrected chi connectivity index (χ0v) is 46.4. The van der Waals surface area contributed by atoms with Gasteiger partial charge in [-0.25, -0.2) is 8.78 Å². The van der Waals surface area contributed by atoms with Crippen LogP contribution in [0, 0.1) is 42.2 Å². The molecule has 3 aromatic heterocycles. The van der Waals surface area contributed by atoms with E-state index in [9.17, 15) is 8.78 Å². The molecule has 1 aromatic carbocycles. The molecule has 0 aliphatic carbocycles. The number of fused-ring (bicyclic) bond motifs is 4. The molecular weight excluding hydrogens is 1030 g/mol. The molecule has 0 saturated carbocycles. The van der Waals surface area contributed by atoms with Gasteiger partial charge in [-0.2, -0.15) is 8.75 Å². The van der Waals surface area contributed by atoms with Crippen LogP contribution in [0.3, 0.4) is 0 Å². The number of hydrogen-bond acceptors (Lipinski definition) is 6. The van der Waals surface area contributed by atoms with E-state index >= 15 is 0 Å². The van der Waals surface area contributed by atoms with Gasteiger partial charge in [0, 0.05) is 0 Å². The summed E-state index contributed by atoms with van der Waals surface area (Å²) in [6, 6.07) is 5.22. The van der Waals surface area contributed by atoms with E-state index in [1.54, 1.807) is 23.8 Å². The molecule has 1 aliphatic heterocycles. The fraction of sp³-hybridized carbons (Fsp3) is 0.708. The third-order valence-electron chi connectivity index (χ3n) is 12.6. The zero-order chi connectivity index (χ0) is 43.3.